The quantitative estimate of drug-likeness (QED) is 0.174. The van der Waals surface area contributed by atoms with Gasteiger partial charge in [0.15, 0.2) is 5.82 Å². The molecule has 0 amide bonds. The van der Waals surface area contributed by atoms with Crippen molar-refractivity contribution < 1.29 is 4.42 Å². The molecule has 0 aliphatic heterocycles. The molecule has 3 nitrogen and oxygen atoms in total. The van der Waals surface area contributed by atoms with Gasteiger partial charge in [0, 0.05) is 32.9 Å². The number of hydrogen-bond donors (Lipinski definition) is 0. The molecule has 0 saturated carbocycles. The summed E-state index contributed by atoms with van der Waals surface area (Å²) in [5, 5.41) is 9.53. The van der Waals surface area contributed by atoms with Gasteiger partial charge in [0.2, 0.25) is 0 Å². The second kappa shape index (κ2) is 13.9. The molecule has 1 aliphatic rings. The topological polar surface area (TPSA) is 38.9 Å². The summed E-state index contributed by atoms with van der Waals surface area (Å²) in [6, 6.07) is 74.2. The Morgan fingerprint density at radius 3 is 1.83 bits per heavy atom. The maximum atomic E-state index is 6.48. The maximum Gasteiger partial charge on any atom is 0.160 e. The summed E-state index contributed by atoms with van der Waals surface area (Å²) in [4.78, 5) is 10.6. The Morgan fingerprint density at radius 1 is 0.359 bits per heavy atom. The van der Waals surface area contributed by atoms with Crippen molar-refractivity contribution in [2.75, 3.05) is 0 Å². The standard InChI is InChI=1S/C61H40N2O/c1-61(2)51-27-13-26-49(57(51)50-34-39-18-6-7-19-40(39)35-52(50)61)47-30-31-48(46-24-11-10-23-45(46)47)54-36-53(62-60(63-54)38-16-4-3-5-17-38)42-21-12-20-41(33-42)44-25-14-28-55-59(44)58-43-22-9-8-15-37(43)29-32-56(58)64-55/h3-36H,1-2H3. The summed E-state index contributed by atoms with van der Waals surface area (Å²) in [5.41, 5.74) is 16.5. The molecule has 1 aliphatic carbocycles. The van der Waals surface area contributed by atoms with Gasteiger partial charge in [-0.2, -0.15) is 0 Å². The summed E-state index contributed by atoms with van der Waals surface area (Å²) in [5.74, 6) is 0.688. The fraction of sp³-hybridized carbons (Fsp3) is 0.0492. The molecule has 0 unspecified atom stereocenters. The van der Waals surface area contributed by atoms with Crippen LogP contribution in [0.15, 0.2) is 211 Å². The normalized spacial score (nSPS) is 13.0. The second-order valence-corrected chi connectivity index (χ2v) is 17.7. The van der Waals surface area contributed by atoms with Crippen LogP contribution in [0.1, 0.15) is 25.0 Å². The zero-order valence-corrected chi connectivity index (χ0v) is 35.4. The average Bonchev–Trinajstić information content (AvgIpc) is 3.85. The third-order valence-corrected chi connectivity index (χ3v) is 13.7. The molecule has 0 fully saturated rings. The summed E-state index contributed by atoms with van der Waals surface area (Å²) >= 11 is 0. The molecule has 0 N–H and O–H groups in total. The SMILES string of the molecule is CC1(C)c2cc3ccccc3cc2-c2c(-c3ccc(-c4cc(-c5cccc(-c6cccc7oc8ccc9ccccc9c8c67)c5)nc(-c5ccccc5)n4)c4ccccc34)cccc21. The minimum Gasteiger partial charge on any atom is -0.456 e. The highest BCUT2D eigenvalue weighted by molar-refractivity contribution is 6.22. The van der Waals surface area contributed by atoms with Gasteiger partial charge in [-0.1, -0.05) is 184 Å². The molecule has 64 heavy (non-hydrogen) atoms. The zero-order valence-electron chi connectivity index (χ0n) is 35.4. The van der Waals surface area contributed by atoms with Gasteiger partial charge in [-0.25, -0.2) is 9.97 Å². The molecule has 13 rings (SSSR count). The fourth-order valence-electron chi connectivity index (χ4n) is 10.6. The fourth-order valence-corrected chi connectivity index (χ4v) is 10.6. The zero-order chi connectivity index (χ0) is 42.5. The molecule has 0 saturated heterocycles. The molecule has 0 spiro atoms. The van der Waals surface area contributed by atoms with Crippen LogP contribution in [0.4, 0.5) is 0 Å². The number of rotatable bonds is 5. The first-order chi connectivity index (χ1) is 31.5. The van der Waals surface area contributed by atoms with E-state index in [9.17, 15) is 0 Å². The molecule has 12 aromatic rings. The molecular formula is C61H40N2O. The molecule has 0 radical (unpaired) electrons. The van der Waals surface area contributed by atoms with E-state index in [1.165, 1.54) is 60.3 Å². The van der Waals surface area contributed by atoms with Crippen molar-refractivity contribution in [1.82, 2.24) is 9.97 Å². The molecule has 2 heterocycles. The van der Waals surface area contributed by atoms with Crippen LogP contribution >= 0.6 is 0 Å². The van der Waals surface area contributed by atoms with Crippen LogP contribution < -0.4 is 0 Å². The predicted molar refractivity (Wildman–Crippen MR) is 267 cm³/mol. The van der Waals surface area contributed by atoms with Crippen molar-refractivity contribution in [2.24, 2.45) is 0 Å². The predicted octanol–water partition coefficient (Wildman–Crippen LogP) is 16.5. The van der Waals surface area contributed by atoms with E-state index in [0.29, 0.717) is 5.82 Å². The third-order valence-electron chi connectivity index (χ3n) is 13.7. The van der Waals surface area contributed by atoms with Crippen molar-refractivity contribution in [2.45, 2.75) is 19.3 Å². The van der Waals surface area contributed by atoms with Crippen LogP contribution in [0.5, 0.6) is 0 Å². The highest BCUT2D eigenvalue weighted by Crippen LogP contribution is 2.54. The Labute approximate surface area is 371 Å². The van der Waals surface area contributed by atoms with Gasteiger partial charge in [0.05, 0.1) is 11.4 Å². The molecule has 2 aromatic heterocycles. The minimum absolute atomic E-state index is 0.129. The van der Waals surface area contributed by atoms with Crippen LogP contribution in [0.25, 0.3) is 122 Å². The van der Waals surface area contributed by atoms with E-state index in [4.69, 9.17) is 14.4 Å². The van der Waals surface area contributed by atoms with Crippen LogP contribution in [0, 0.1) is 0 Å². The Balaban J connectivity index is 0.986. The Hall–Kier alpha value is -8.14. The van der Waals surface area contributed by atoms with Gasteiger partial charge >= 0.3 is 0 Å². The summed E-state index contributed by atoms with van der Waals surface area (Å²) < 4.78 is 6.48. The summed E-state index contributed by atoms with van der Waals surface area (Å²) in [6.07, 6.45) is 0. The molecule has 10 aromatic carbocycles. The van der Waals surface area contributed by atoms with Crippen LogP contribution in [-0.4, -0.2) is 9.97 Å². The minimum atomic E-state index is -0.129. The third kappa shape index (κ3) is 5.54. The van der Waals surface area contributed by atoms with Gasteiger partial charge in [-0.15, -0.1) is 0 Å². The molecular weight excluding hydrogens is 777 g/mol. The first-order valence-electron chi connectivity index (χ1n) is 22.1. The lowest BCUT2D eigenvalue weighted by Gasteiger charge is -2.22. The smallest absolute Gasteiger partial charge is 0.160 e. The highest BCUT2D eigenvalue weighted by atomic mass is 16.3. The van der Waals surface area contributed by atoms with E-state index in [0.717, 1.165) is 66.5 Å². The first-order valence-corrected chi connectivity index (χ1v) is 22.1. The van der Waals surface area contributed by atoms with Gasteiger partial charge in [0.1, 0.15) is 11.2 Å². The van der Waals surface area contributed by atoms with Gasteiger partial charge in [-0.05, 0) is 113 Å². The van der Waals surface area contributed by atoms with E-state index in [-0.39, 0.29) is 5.41 Å². The van der Waals surface area contributed by atoms with Crippen molar-refractivity contribution >= 4 is 54.3 Å². The lowest BCUT2D eigenvalue weighted by Crippen LogP contribution is -2.14. The number of fused-ring (bicyclic) bond motifs is 10. The van der Waals surface area contributed by atoms with E-state index in [1.807, 2.05) is 6.07 Å². The number of hydrogen-bond acceptors (Lipinski definition) is 3. The number of benzene rings is 10. The molecule has 300 valence electrons. The van der Waals surface area contributed by atoms with E-state index < -0.39 is 0 Å². The Kier molecular flexibility index (Phi) is 7.95. The number of furan rings is 1. The van der Waals surface area contributed by atoms with Crippen molar-refractivity contribution in [3.63, 3.8) is 0 Å². The van der Waals surface area contributed by atoms with E-state index in [1.54, 1.807) is 0 Å². The first kappa shape index (κ1) is 36.5. The van der Waals surface area contributed by atoms with Crippen molar-refractivity contribution in [1.29, 1.82) is 0 Å². The van der Waals surface area contributed by atoms with Crippen molar-refractivity contribution in [3.8, 4) is 67.3 Å². The maximum absolute atomic E-state index is 6.48. The summed E-state index contributed by atoms with van der Waals surface area (Å²) in [6.45, 7) is 4.73. The highest BCUT2D eigenvalue weighted by Gasteiger charge is 2.37. The van der Waals surface area contributed by atoms with Crippen LogP contribution in [0.2, 0.25) is 0 Å². The number of aromatic nitrogens is 2. The summed E-state index contributed by atoms with van der Waals surface area (Å²) in [7, 11) is 0. The largest absolute Gasteiger partial charge is 0.456 e. The van der Waals surface area contributed by atoms with E-state index in [2.05, 4.69) is 214 Å². The Morgan fingerprint density at radius 2 is 0.984 bits per heavy atom. The van der Waals surface area contributed by atoms with Crippen LogP contribution in [0.3, 0.4) is 0 Å². The molecule has 3 heteroatoms. The van der Waals surface area contributed by atoms with Crippen molar-refractivity contribution in [3.05, 3.63) is 217 Å². The second-order valence-electron chi connectivity index (χ2n) is 17.7. The van der Waals surface area contributed by atoms with E-state index >= 15 is 0 Å². The van der Waals surface area contributed by atoms with Gasteiger partial charge in [0.25, 0.3) is 0 Å². The lowest BCUT2D eigenvalue weighted by molar-refractivity contribution is 0.661. The monoisotopic (exact) mass is 816 g/mol. The Bertz CT molecular complexity index is 3880. The molecule has 0 atom stereocenters. The van der Waals surface area contributed by atoms with Gasteiger partial charge < -0.3 is 4.42 Å². The average molecular weight is 817 g/mol. The van der Waals surface area contributed by atoms with Crippen LogP contribution in [-0.2, 0) is 5.41 Å². The van der Waals surface area contributed by atoms with Gasteiger partial charge in [-0.3, -0.25) is 0 Å². The number of nitrogens with zero attached hydrogens (tertiary/aromatic N) is 2. The molecule has 0 bridgehead atoms. The lowest BCUT2D eigenvalue weighted by atomic mass is 9.81.